The molecule has 0 saturated heterocycles. The van der Waals surface area contributed by atoms with Crippen LogP contribution < -0.4 is 11.1 Å². The number of nitrogens with two attached hydrogens (primary N) is 1. The summed E-state index contributed by atoms with van der Waals surface area (Å²) in [6, 6.07) is 8.24. The van der Waals surface area contributed by atoms with Crippen molar-refractivity contribution < 1.29 is 4.79 Å². The number of carbonyl (C=O) groups excluding carboxylic acids is 1. The van der Waals surface area contributed by atoms with E-state index < -0.39 is 0 Å². The largest absolute Gasteiger partial charge is 0.335 e. The van der Waals surface area contributed by atoms with Gasteiger partial charge in [0.1, 0.15) is 0 Å². The quantitative estimate of drug-likeness (QED) is 0.802. The van der Waals surface area contributed by atoms with Crippen LogP contribution in [0.15, 0.2) is 24.3 Å². The minimum Gasteiger partial charge on any atom is -0.335 e. The lowest BCUT2D eigenvalue weighted by molar-refractivity contribution is 0.206. The zero-order valence-corrected chi connectivity index (χ0v) is 11.1. The maximum atomic E-state index is 11.8. The first kappa shape index (κ1) is 13.4. The Bertz CT molecular complexity index is 512. The highest BCUT2D eigenvalue weighted by Gasteiger charge is 2.24. The van der Waals surface area contributed by atoms with Gasteiger partial charge in [0.15, 0.2) is 0 Å². The van der Waals surface area contributed by atoms with Gasteiger partial charge in [-0.05, 0) is 30.5 Å². The SMILES string of the molecule is CN(Cc1cccc(C#CCN)c1)C(=O)NC1CC1. The summed E-state index contributed by atoms with van der Waals surface area (Å²) < 4.78 is 0. The number of amides is 2. The predicted molar refractivity (Wildman–Crippen MR) is 75.4 cm³/mol. The molecule has 1 fully saturated rings. The molecule has 0 unspecified atom stereocenters. The summed E-state index contributed by atoms with van der Waals surface area (Å²) in [4.78, 5) is 13.5. The Morgan fingerprint density at radius 3 is 3.00 bits per heavy atom. The first-order valence-electron chi connectivity index (χ1n) is 6.48. The van der Waals surface area contributed by atoms with Crippen molar-refractivity contribution in [3.63, 3.8) is 0 Å². The number of carbonyl (C=O) groups is 1. The maximum Gasteiger partial charge on any atom is 0.317 e. The highest BCUT2D eigenvalue weighted by molar-refractivity contribution is 5.74. The average Bonchev–Trinajstić information content (AvgIpc) is 3.20. The third kappa shape index (κ3) is 4.31. The molecule has 3 N–H and O–H groups in total. The van der Waals surface area contributed by atoms with Crippen LogP contribution in [0.3, 0.4) is 0 Å². The molecule has 1 aromatic rings. The molecule has 4 heteroatoms. The zero-order chi connectivity index (χ0) is 13.7. The number of hydrogen-bond donors (Lipinski definition) is 2. The number of urea groups is 1. The van der Waals surface area contributed by atoms with Gasteiger partial charge in [-0.1, -0.05) is 24.0 Å². The molecule has 0 heterocycles. The van der Waals surface area contributed by atoms with Crippen molar-refractivity contribution in [2.45, 2.75) is 25.4 Å². The molecule has 2 rings (SSSR count). The van der Waals surface area contributed by atoms with Gasteiger partial charge < -0.3 is 16.0 Å². The molecular formula is C15H19N3O. The van der Waals surface area contributed by atoms with Crippen molar-refractivity contribution in [3.8, 4) is 11.8 Å². The van der Waals surface area contributed by atoms with Gasteiger partial charge >= 0.3 is 6.03 Å². The fraction of sp³-hybridized carbons (Fsp3) is 0.400. The summed E-state index contributed by atoms with van der Waals surface area (Å²) in [6.07, 6.45) is 2.20. The van der Waals surface area contributed by atoms with Crippen LogP contribution in [0.5, 0.6) is 0 Å². The van der Waals surface area contributed by atoms with Gasteiger partial charge in [0.05, 0.1) is 6.54 Å². The van der Waals surface area contributed by atoms with Gasteiger partial charge in [-0.3, -0.25) is 0 Å². The normalized spacial score (nSPS) is 13.4. The van der Waals surface area contributed by atoms with Crippen molar-refractivity contribution in [3.05, 3.63) is 35.4 Å². The molecule has 1 aliphatic rings. The van der Waals surface area contributed by atoms with Crippen LogP contribution in [-0.2, 0) is 6.54 Å². The summed E-state index contributed by atoms with van der Waals surface area (Å²) >= 11 is 0. The molecule has 1 aliphatic carbocycles. The predicted octanol–water partition coefficient (Wildman–Crippen LogP) is 1.30. The van der Waals surface area contributed by atoms with Crippen molar-refractivity contribution in [1.82, 2.24) is 10.2 Å². The van der Waals surface area contributed by atoms with Gasteiger partial charge in [0, 0.05) is 25.2 Å². The molecule has 1 saturated carbocycles. The summed E-state index contributed by atoms with van der Waals surface area (Å²) in [7, 11) is 1.80. The number of nitrogens with one attached hydrogen (secondary N) is 1. The van der Waals surface area contributed by atoms with Crippen LogP contribution in [0, 0.1) is 11.8 Å². The second-order valence-corrected chi connectivity index (χ2v) is 4.79. The molecule has 1 aromatic carbocycles. The molecule has 0 bridgehead atoms. The molecule has 4 nitrogen and oxygen atoms in total. The average molecular weight is 257 g/mol. The molecule has 0 atom stereocenters. The lowest BCUT2D eigenvalue weighted by Crippen LogP contribution is -2.37. The van der Waals surface area contributed by atoms with Crippen LogP contribution in [0.4, 0.5) is 4.79 Å². The smallest absolute Gasteiger partial charge is 0.317 e. The van der Waals surface area contributed by atoms with Crippen LogP contribution >= 0.6 is 0 Å². The van der Waals surface area contributed by atoms with Crippen molar-refractivity contribution in [1.29, 1.82) is 0 Å². The van der Waals surface area contributed by atoms with Gasteiger partial charge in [-0.25, -0.2) is 4.79 Å². The van der Waals surface area contributed by atoms with Gasteiger partial charge in [-0.2, -0.15) is 0 Å². The summed E-state index contributed by atoms with van der Waals surface area (Å²) in [5, 5.41) is 2.97. The fourth-order valence-corrected chi connectivity index (χ4v) is 1.76. The maximum absolute atomic E-state index is 11.8. The highest BCUT2D eigenvalue weighted by atomic mass is 16.2. The van der Waals surface area contributed by atoms with E-state index in [-0.39, 0.29) is 6.03 Å². The van der Waals surface area contributed by atoms with Crippen LogP contribution in [0.1, 0.15) is 24.0 Å². The third-order valence-corrected chi connectivity index (χ3v) is 2.93. The van der Waals surface area contributed by atoms with E-state index in [0.717, 1.165) is 24.0 Å². The molecule has 2 amide bonds. The monoisotopic (exact) mass is 257 g/mol. The van der Waals surface area contributed by atoms with E-state index >= 15 is 0 Å². The lowest BCUT2D eigenvalue weighted by Gasteiger charge is -2.18. The first-order chi connectivity index (χ1) is 9.19. The Kier molecular flexibility index (Phi) is 4.43. The topological polar surface area (TPSA) is 58.4 Å². The lowest BCUT2D eigenvalue weighted by atomic mass is 10.1. The second-order valence-electron chi connectivity index (χ2n) is 4.79. The standard InChI is InChI=1S/C15H19N3O/c1-18(15(19)17-14-7-8-14)11-13-5-2-4-12(10-13)6-3-9-16/h2,4-5,10,14H,7-9,11,16H2,1H3,(H,17,19). The zero-order valence-electron chi connectivity index (χ0n) is 11.1. The third-order valence-electron chi connectivity index (χ3n) is 2.93. The Hall–Kier alpha value is -1.99. The van der Waals surface area contributed by atoms with Crippen LogP contribution in [0.2, 0.25) is 0 Å². The number of hydrogen-bond acceptors (Lipinski definition) is 2. The van der Waals surface area contributed by atoms with Crippen LogP contribution in [0.25, 0.3) is 0 Å². The van der Waals surface area contributed by atoms with E-state index in [1.54, 1.807) is 11.9 Å². The molecular weight excluding hydrogens is 238 g/mol. The molecule has 0 aliphatic heterocycles. The Morgan fingerprint density at radius 1 is 1.53 bits per heavy atom. The molecule has 0 spiro atoms. The van der Waals surface area contributed by atoms with Gasteiger partial charge in [-0.15, -0.1) is 0 Å². The van der Waals surface area contributed by atoms with Crippen molar-refractivity contribution in [2.24, 2.45) is 5.73 Å². The van der Waals surface area contributed by atoms with Crippen LogP contribution in [-0.4, -0.2) is 30.6 Å². The van der Waals surface area contributed by atoms with Gasteiger partial charge in [0.2, 0.25) is 0 Å². The molecule has 0 radical (unpaired) electrons. The minimum absolute atomic E-state index is 0.0130. The molecule has 100 valence electrons. The van der Waals surface area contributed by atoms with E-state index in [0.29, 0.717) is 19.1 Å². The Labute approximate surface area is 114 Å². The number of nitrogens with zero attached hydrogens (tertiary/aromatic N) is 1. The van der Waals surface area contributed by atoms with E-state index in [2.05, 4.69) is 17.2 Å². The second kappa shape index (κ2) is 6.26. The molecule has 19 heavy (non-hydrogen) atoms. The van der Waals surface area contributed by atoms with E-state index in [9.17, 15) is 4.79 Å². The van der Waals surface area contributed by atoms with E-state index in [4.69, 9.17) is 5.73 Å². The summed E-state index contributed by atoms with van der Waals surface area (Å²) in [5.41, 5.74) is 7.35. The Morgan fingerprint density at radius 2 is 2.32 bits per heavy atom. The number of rotatable bonds is 3. The Balaban J connectivity index is 1.95. The van der Waals surface area contributed by atoms with Crippen molar-refractivity contribution >= 4 is 6.03 Å². The summed E-state index contributed by atoms with van der Waals surface area (Å²) in [5.74, 6) is 5.82. The van der Waals surface area contributed by atoms with E-state index in [1.807, 2.05) is 24.3 Å². The molecule has 0 aromatic heterocycles. The number of benzene rings is 1. The minimum atomic E-state index is -0.0130. The summed E-state index contributed by atoms with van der Waals surface area (Å²) in [6.45, 7) is 0.935. The first-order valence-corrected chi connectivity index (χ1v) is 6.48. The van der Waals surface area contributed by atoms with E-state index in [1.165, 1.54) is 0 Å². The highest BCUT2D eigenvalue weighted by Crippen LogP contribution is 2.19. The fourth-order valence-electron chi connectivity index (χ4n) is 1.76. The van der Waals surface area contributed by atoms with Crippen molar-refractivity contribution in [2.75, 3.05) is 13.6 Å². The van der Waals surface area contributed by atoms with Gasteiger partial charge in [0.25, 0.3) is 0 Å².